The lowest BCUT2D eigenvalue weighted by Crippen LogP contribution is -2.53. The van der Waals surface area contributed by atoms with E-state index in [1.54, 1.807) is 16.9 Å². The minimum absolute atomic E-state index is 0.0194. The zero-order valence-electron chi connectivity index (χ0n) is 18.6. The molecule has 3 aromatic heterocycles. The molecule has 0 aliphatic heterocycles. The van der Waals surface area contributed by atoms with E-state index < -0.39 is 5.91 Å². The molecule has 1 unspecified atom stereocenters. The lowest BCUT2D eigenvalue weighted by molar-refractivity contribution is 0.100. The van der Waals surface area contributed by atoms with Crippen molar-refractivity contribution in [1.29, 1.82) is 0 Å². The summed E-state index contributed by atoms with van der Waals surface area (Å²) in [4.78, 5) is 20.6. The van der Waals surface area contributed by atoms with Crippen LogP contribution in [0.25, 0.3) is 16.6 Å². The number of carbonyl (C=O) groups is 1. The fraction of sp³-hybridized carbons (Fsp3) is 0.455. The molecule has 0 saturated heterocycles. The van der Waals surface area contributed by atoms with Gasteiger partial charge in [-0.15, -0.1) is 0 Å². The molecule has 0 bridgehead atoms. The van der Waals surface area contributed by atoms with Crippen molar-refractivity contribution in [3.8, 4) is 17.1 Å². The van der Waals surface area contributed by atoms with Crippen LogP contribution < -0.4 is 21.1 Å². The van der Waals surface area contributed by atoms with Crippen LogP contribution in [-0.4, -0.2) is 51.2 Å². The standard InChI is InChI=1S/C22H29N7O2/c1-21(2)17(6-7-22(21,3)24-4)28-18-15(19(23)30)11-27-29-12-13(8-16(18)29)14-9-25-20(31-5)26-10-14/h8-12,17,24,28H,6-7H2,1-5H3,(H2,23,30)/t17-,22?/m1/s1. The number of nitrogens with one attached hydrogen (secondary N) is 2. The van der Waals surface area contributed by atoms with E-state index in [9.17, 15) is 4.79 Å². The zero-order valence-corrected chi connectivity index (χ0v) is 18.6. The lowest BCUT2D eigenvalue weighted by atomic mass is 9.74. The van der Waals surface area contributed by atoms with Gasteiger partial charge < -0.3 is 21.1 Å². The normalized spacial score (nSPS) is 22.5. The predicted octanol–water partition coefficient (Wildman–Crippen LogP) is 2.48. The van der Waals surface area contributed by atoms with Crippen LogP contribution in [-0.2, 0) is 0 Å². The third-order valence-corrected chi connectivity index (χ3v) is 7.14. The van der Waals surface area contributed by atoms with Crippen LogP contribution in [0.15, 0.2) is 30.9 Å². The van der Waals surface area contributed by atoms with Gasteiger partial charge in [-0.25, -0.2) is 14.5 Å². The Balaban J connectivity index is 1.78. The highest BCUT2D eigenvalue weighted by molar-refractivity contribution is 6.02. The Morgan fingerprint density at radius 3 is 2.52 bits per heavy atom. The first-order valence-electron chi connectivity index (χ1n) is 10.3. The van der Waals surface area contributed by atoms with Crippen molar-refractivity contribution in [3.05, 3.63) is 36.4 Å². The predicted molar refractivity (Wildman–Crippen MR) is 119 cm³/mol. The number of rotatable bonds is 6. The van der Waals surface area contributed by atoms with E-state index in [0.29, 0.717) is 17.3 Å². The minimum Gasteiger partial charge on any atom is -0.467 e. The van der Waals surface area contributed by atoms with Crippen LogP contribution in [0, 0.1) is 5.41 Å². The first-order chi connectivity index (χ1) is 14.7. The van der Waals surface area contributed by atoms with Crippen LogP contribution >= 0.6 is 0 Å². The highest BCUT2D eigenvalue weighted by Crippen LogP contribution is 2.47. The minimum atomic E-state index is -0.514. The van der Waals surface area contributed by atoms with Crippen molar-refractivity contribution in [1.82, 2.24) is 24.9 Å². The fourth-order valence-corrected chi connectivity index (χ4v) is 4.50. The summed E-state index contributed by atoms with van der Waals surface area (Å²) in [6.07, 6.45) is 8.79. The van der Waals surface area contributed by atoms with Gasteiger partial charge in [-0.05, 0) is 32.9 Å². The van der Waals surface area contributed by atoms with Gasteiger partial charge in [0.1, 0.15) is 0 Å². The van der Waals surface area contributed by atoms with E-state index in [1.165, 1.54) is 13.3 Å². The van der Waals surface area contributed by atoms with Crippen molar-refractivity contribution >= 4 is 17.1 Å². The molecule has 1 saturated carbocycles. The number of carbonyl (C=O) groups excluding carboxylic acids is 1. The number of aromatic nitrogens is 4. The number of anilines is 1. The van der Waals surface area contributed by atoms with Crippen LogP contribution in [0.2, 0.25) is 0 Å². The third-order valence-electron chi connectivity index (χ3n) is 7.14. The first kappa shape index (κ1) is 21.0. The number of hydrogen-bond donors (Lipinski definition) is 3. The Hall–Kier alpha value is -3.20. The molecule has 1 aliphatic rings. The van der Waals surface area contributed by atoms with Gasteiger partial charge in [0.15, 0.2) is 0 Å². The number of ether oxygens (including phenoxy) is 1. The van der Waals surface area contributed by atoms with Crippen LogP contribution in [0.1, 0.15) is 44.0 Å². The number of nitrogens with zero attached hydrogens (tertiary/aromatic N) is 4. The number of fused-ring (bicyclic) bond motifs is 1. The number of methoxy groups -OCH3 is 1. The molecule has 31 heavy (non-hydrogen) atoms. The van der Waals surface area contributed by atoms with Gasteiger partial charge in [0.05, 0.1) is 30.1 Å². The Morgan fingerprint density at radius 1 is 1.23 bits per heavy atom. The van der Waals surface area contributed by atoms with Crippen LogP contribution in [0.3, 0.4) is 0 Å². The molecule has 0 radical (unpaired) electrons. The van der Waals surface area contributed by atoms with Gasteiger partial charge in [0, 0.05) is 46.7 Å². The maximum Gasteiger partial charge on any atom is 0.316 e. The molecular formula is C22H29N7O2. The second-order valence-electron chi connectivity index (χ2n) is 8.85. The summed E-state index contributed by atoms with van der Waals surface area (Å²) >= 11 is 0. The van der Waals surface area contributed by atoms with Gasteiger partial charge in [0.2, 0.25) is 0 Å². The quantitative estimate of drug-likeness (QED) is 0.557. The molecule has 4 N–H and O–H groups in total. The second-order valence-corrected chi connectivity index (χ2v) is 8.85. The maximum atomic E-state index is 12.2. The summed E-state index contributed by atoms with van der Waals surface area (Å²) in [6.45, 7) is 6.73. The molecule has 0 aromatic carbocycles. The molecule has 2 atom stereocenters. The van der Waals surface area contributed by atoms with Gasteiger partial charge in [-0.1, -0.05) is 13.8 Å². The lowest BCUT2D eigenvalue weighted by Gasteiger charge is -2.42. The molecule has 9 heteroatoms. The number of hydrogen-bond acceptors (Lipinski definition) is 7. The average Bonchev–Trinajstić information content (AvgIpc) is 3.29. The molecular weight excluding hydrogens is 394 g/mol. The van der Waals surface area contributed by atoms with Crippen LogP contribution in [0.4, 0.5) is 5.69 Å². The Bertz CT molecular complexity index is 1120. The van der Waals surface area contributed by atoms with E-state index in [4.69, 9.17) is 10.5 Å². The van der Waals surface area contributed by atoms with Crippen molar-refractivity contribution < 1.29 is 9.53 Å². The SMILES string of the molecule is CNC1(C)CC[C@@H](Nc2c(C(N)=O)cnn3cc(-c4cnc(OC)nc4)cc23)C1(C)C. The maximum absolute atomic E-state index is 12.2. The molecule has 1 aliphatic carbocycles. The summed E-state index contributed by atoms with van der Waals surface area (Å²) in [7, 11) is 3.53. The molecule has 1 fully saturated rings. The van der Waals surface area contributed by atoms with Gasteiger partial charge in [0.25, 0.3) is 5.91 Å². The van der Waals surface area contributed by atoms with E-state index in [0.717, 1.165) is 29.5 Å². The van der Waals surface area contributed by atoms with E-state index in [-0.39, 0.29) is 17.0 Å². The van der Waals surface area contributed by atoms with E-state index in [1.807, 2.05) is 19.3 Å². The molecule has 3 heterocycles. The van der Waals surface area contributed by atoms with Gasteiger partial charge in [-0.3, -0.25) is 4.79 Å². The molecule has 1 amide bonds. The summed E-state index contributed by atoms with van der Waals surface area (Å²) in [5, 5.41) is 11.5. The number of amides is 1. The molecule has 0 spiro atoms. The first-order valence-corrected chi connectivity index (χ1v) is 10.3. The fourth-order valence-electron chi connectivity index (χ4n) is 4.50. The summed E-state index contributed by atoms with van der Waals surface area (Å²) in [5.41, 5.74) is 9.17. The van der Waals surface area contributed by atoms with E-state index >= 15 is 0 Å². The Kier molecular flexibility index (Phi) is 5.09. The van der Waals surface area contributed by atoms with Crippen molar-refractivity contribution in [2.24, 2.45) is 11.1 Å². The topological polar surface area (TPSA) is 119 Å². The molecule has 9 nitrogen and oxygen atoms in total. The van der Waals surface area contributed by atoms with E-state index in [2.05, 4.69) is 46.5 Å². The Labute approximate surface area is 181 Å². The van der Waals surface area contributed by atoms with Gasteiger partial charge in [-0.2, -0.15) is 5.10 Å². The molecule has 3 aromatic rings. The van der Waals surface area contributed by atoms with Crippen molar-refractivity contribution in [2.75, 3.05) is 19.5 Å². The Morgan fingerprint density at radius 2 is 1.94 bits per heavy atom. The monoisotopic (exact) mass is 423 g/mol. The van der Waals surface area contributed by atoms with Crippen molar-refractivity contribution in [3.63, 3.8) is 0 Å². The molecule has 164 valence electrons. The average molecular weight is 424 g/mol. The summed E-state index contributed by atoms with van der Waals surface area (Å²) < 4.78 is 6.78. The highest BCUT2D eigenvalue weighted by Gasteiger charge is 2.51. The van der Waals surface area contributed by atoms with Gasteiger partial charge >= 0.3 is 6.01 Å². The third kappa shape index (κ3) is 3.38. The second kappa shape index (κ2) is 7.49. The van der Waals surface area contributed by atoms with Crippen LogP contribution in [0.5, 0.6) is 6.01 Å². The summed E-state index contributed by atoms with van der Waals surface area (Å²) in [6, 6.07) is 2.42. The number of nitrogens with two attached hydrogens (primary N) is 1. The van der Waals surface area contributed by atoms with Crippen molar-refractivity contribution in [2.45, 2.75) is 45.2 Å². The summed E-state index contributed by atoms with van der Waals surface area (Å²) in [5.74, 6) is -0.514. The zero-order chi connectivity index (χ0) is 22.4. The number of primary amides is 1. The largest absolute Gasteiger partial charge is 0.467 e. The molecule has 4 rings (SSSR count). The smallest absolute Gasteiger partial charge is 0.316 e. The highest BCUT2D eigenvalue weighted by atomic mass is 16.5.